The molecule has 0 amide bonds. The molecule has 3 aromatic rings. The van der Waals surface area contributed by atoms with Crippen molar-refractivity contribution in [1.82, 2.24) is 14.8 Å². The number of halogens is 2. The molecular weight excluding hydrogens is 325 g/mol. The second kappa shape index (κ2) is 5.79. The van der Waals surface area contributed by atoms with Gasteiger partial charge in [-0.25, -0.2) is 14.5 Å². The number of benzene rings is 1. The number of rotatable bonds is 3. The van der Waals surface area contributed by atoms with E-state index in [2.05, 4.69) is 10.1 Å². The molecule has 0 fully saturated rings. The fourth-order valence-electron chi connectivity index (χ4n) is 2.06. The lowest BCUT2D eigenvalue weighted by atomic mass is 10.2. The standard InChI is InChI=1S/C15H9Cl2N3O2/c16-10-2-1-3-11(7-10)20-13(8-12(19-20)15(21)22)9-4-5-18-14(17)6-9/h1-8H,(H,21,22). The van der Waals surface area contributed by atoms with Gasteiger partial charge in [0.25, 0.3) is 0 Å². The van der Waals surface area contributed by atoms with Gasteiger partial charge < -0.3 is 5.11 Å². The summed E-state index contributed by atoms with van der Waals surface area (Å²) < 4.78 is 1.51. The molecule has 0 aliphatic rings. The molecule has 2 heterocycles. The van der Waals surface area contributed by atoms with Crippen molar-refractivity contribution in [3.05, 3.63) is 64.5 Å². The highest BCUT2D eigenvalue weighted by Gasteiger charge is 2.16. The Kier molecular flexibility index (Phi) is 3.83. The van der Waals surface area contributed by atoms with Gasteiger partial charge in [-0.1, -0.05) is 29.3 Å². The minimum Gasteiger partial charge on any atom is -0.476 e. The zero-order valence-corrected chi connectivity index (χ0v) is 12.6. The molecule has 0 aliphatic heterocycles. The van der Waals surface area contributed by atoms with Crippen LogP contribution in [0.2, 0.25) is 10.2 Å². The smallest absolute Gasteiger partial charge is 0.356 e. The van der Waals surface area contributed by atoms with Crippen LogP contribution in [0, 0.1) is 0 Å². The van der Waals surface area contributed by atoms with E-state index in [9.17, 15) is 9.90 Å². The summed E-state index contributed by atoms with van der Waals surface area (Å²) in [5, 5.41) is 14.2. The Balaban J connectivity index is 2.22. The molecule has 1 aromatic carbocycles. The van der Waals surface area contributed by atoms with E-state index >= 15 is 0 Å². The molecule has 2 aromatic heterocycles. The van der Waals surface area contributed by atoms with E-state index in [1.165, 1.54) is 10.7 Å². The Bertz CT molecular complexity index is 798. The number of pyridine rings is 1. The topological polar surface area (TPSA) is 68.0 Å². The summed E-state index contributed by atoms with van der Waals surface area (Å²) in [4.78, 5) is 15.1. The Morgan fingerprint density at radius 1 is 1.14 bits per heavy atom. The molecule has 0 saturated carbocycles. The van der Waals surface area contributed by atoms with E-state index in [1.54, 1.807) is 42.6 Å². The second-order valence-corrected chi connectivity index (χ2v) is 5.30. The maximum absolute atomic E-state index is 11.2. The molecule has 5 nitrogen and oxygen atoms in total. The maximum atomic E-state index is 11.2. The van der Waals surface area contributed by atoms with E-state index in [-0.39, 0.29) is 5.69 Å². The van der Waals surface area contributed by atoms with E-state index in [4.69, 9.17) is 23.2 Å². The first kappa shape index (κ1) is 14.6. The average molecular weight is 334 g/mol. The van der Waals surface area contributed by atoms with Crippen molar-refractivity contribution in [2.24, 2.45) is 0 Å². The van der Waals surface area contributed by atoms with Gasteiger partial charge in [0.05, 0.1) is 11.4 Å². The van der Waals surface area contributed by atoms with Crippen molar-refractivity contribution in [2.75, 3.05) is 0 Å². The predicted octanol–water partition coefficient (Wildman–Crippen LogP) is 3.94. The first-order valence-corrected chi connectivity index (χ1v) is 7.01. The first-order valence-electron chi connectivity index (χ1n) is 6.26. The van der Waals surface area contributed by atoms with Crippen LogP contribution in [0.15, 0.2) is 48.7 Å². The molecule has 0 unspecified atom stereocenters. The van der Waals surface area contributed by atoms with Gasteiger partial charge in [-0.2, -0.15) is 5.10 Å². The summed E-state index contributed by atoms with van der Waals surface area (Å²) in [6.07, 6.45) is 1.55. The molecule has 0 aliphatic carbocycles. The number of aromatic carboxylic acids is 1. The second-order valence-electron chi connectivity index (χ2n) is 4.48. The Labute approximate surface area is 135 Å². The third-order valence-electron chi connectivity index (χ3n) is 3.00. The minimum atomic E-state index is -1.11. The zero-order valence-electron chi connectivity index (χ0n) is 11.1. The molecule has 0 radical (unpaired) electrons. The van der Waals surface area contributed by atoms with Crippen LogP contribution >= 0.6 is 23.2 Å². The van der Waals surface area contributed by atoms with E-state index in [0.717, 1.165) is 0 Å². The summed E-state index contributed by atoms with van der Waals surface area (Å²) >= 11 is 11.9. The number of carboxylic acids is 1. The van der Waals surface area contributed by atoms with Crippen molar-refractivity contribution >= 4 is 29.2 Å². The monoisotopic (exact) mass is 333 g/mol. The summed E-state index contributed by atoms with van der Waals surface area (Å²) in [7, 11) is 0. The zero-order chi connectivity index (χ0) is 15.7. The highest BCUT2D eigenvalue weighted by molar-refractivity contribution is 6.30. The highest BCUT2D eigenvalue weighted by Crippen LogP contribution is 2.26. The Morgan fingerprint density at radius 3 is 2.64 bits per heavy atom. The van der Waals surface area contributed by atoms with Gasteiger partial charge >= 0.3 is 5.97 Å². The van der Waals surface area contributed by atoms with Crippen LogP contribution in [0.4, 0.5) is 0 Å². The van der Waals surface area contributed by atoms with E-state index in [1.807, 2.05) is 0 Å². The molecule has 0 saturated heterocycles. The van der Waals surface area contributed by atoms with E-state index in [0.29, 0.717) is 27.1 Å². The molecule has 22 heavy (non-hydrogen) atoms. The first-order chi connectivity index (χ1) is 10.5. The summed E-state index contributed by atoms with van der Waals surface area (Å²) in [6, 6.07) is 11.8. The molecule has 0 spiro atoms. The lowest BCUT2D eigenvalue weighted by Gasteiger charge is -2.08. The van der Waals surface area contributed by atoms with Crippen molar-refractivity contribution in [3.8, 4) is 16.9 Å². The van der Waals surface area contributed by atoms with Gasteiger partial charge in [-0.3, -0.25) is 0 Å². The Hall–Kier alpha value is -2.37. The van der Waals surface area contributed by atoms with Crippen LogP contribution in [0.1, 0.15) is 10.5 Å². The third-order valence-corrected chi connectivity index (χ3v) is 3.45. The van der Waals surface area contributed by atoms with Gasteiger partial charge in [0, 0.05) is 16.8 Å². The van der Waals surface area contributed by atoms with Gasteiger partial charge in [0.15, 0.2) is 5.69 Å². The van der Waals surface area contributed by atoms with Crippen molar-refractivity contribution < 1.29 is 9.90 Å². The predicted molar refractivity (Wildman–Crippen MR) is 83.8 cm³/mol. The van der Waals surface area contributed by atoms with Crippen LogP contribution in [-0.4, -0.2) is 25.8 Å². The Morgan fingerprint density at radius 2 is 1.95 bits per heavy atom. The molecule has 110 valence electrons. The molecule has 7 heteroatoms. The molecule has 3 rings (SSSR count). The SMILES string of the molecule is O=C(O)c1cc(-c2ccnc(Cl)c2)n(-c2cccc(Cl)c2)n1. The fourth-order valence-corrected chi connectivity index (χ4v) is 2.42. The van der Waals surface area contributed by atoms with Crippen molar-refractivity contribution in [3.63, 3.8) is 0 Å². The van der Waals surface area contributed by atoms with Crippen LogP contribution in [0.25, 0.3) is 16.9 Å². The number of aromatic nitrogens is 3. The summed E-state index contributed by atoms with van der Waals surface area (Å²) in [5.74, 6) is -1.11. The number of hydrogen-bond acceptors (Lipinski definition) is 3. The van der Waals surface area contributed by atoms with Gasteiger partial charge in [0.2, 0.25) is 0 Å². The molecule has 0 atom stereocenters. The van der Waals surface area contributed by atoms with Crippen LogP contribution in [0.5, 0.6) is 0 Å². The molecule has 1 N–H and O–H groups in total. The maximum Gasteiger partial charge on any atom is 0.356 e. The summed E-state index contributed by atoms with van der Waals surface area (Å²) in [6.45, 7) is 0. The van der Waals surface area contributed by atoms with Crippen molar-refractivity contribution in [1.29, 1.82) is 0 Å². The lowest BCUT2D eigenvalue weighted by Crippen LogP contribution is -2.02. The minimum absolute atomic E-state index is 0.0667. The van der Waals surface area contributed by atoms with Crippen LogP contribution in [-0.2, 0) is 0 Å². The number of carboxylic acid groups (broad SMARTS) is 1. The van der Waals surface area contributed by atoms with Gasteiger partial charge in [-0.05, 0) is 36.4 Å². The quantitative estimate of drug-likeness (QED) is 0.737. The number of carbonyl (C=O) groups is 1. The average Bonchev–Trinajstić information content (AvgIpc) is 2.92. The third kappa shape index (κ3) is 2.81. The largest absolute Gasteiger partial charge is 0.476 e. The number of hydrogen-bond donors (Lipinski definition) is 1. The van der Waals surface area contributed by atoms with E-state index < -0.39 is 5.97 Å². The summed E-state index contributed by atoms with van der Waals surface area (Å²) in [5.41, 5.74) is 1.88. The van der Waals surface area contributed by atoms with Gasteiger partial charge in [-0.15, -0.1) is 0 Å². The normalized spacial score (nSPS) is 10.6. The molecule has 0 bridgehead atoms. The molecular formula is C15H9Cl2N3O2. The lowest BCUT2D eigenvalue weighted by molar-refractivity contribution is 0.0690. The highest BCUT2D eigenvalue weighted by atomic mass is 35.5. The van der Waals surface area contributed by atoms with Crippen LogP contribution < -0.4 is 0 Å². The fraction of sp³-hybridized carbons (Fsp3) is 0. The van der Waals surface area contributed by atoms with Crippen molar-refractivity contribution in [2.45, 2.75) is 0 Å². The van der Waals surface area contributed by atoms with Gasteiger partial charge in [0.1, 0.15) is 5.15 Å². The number of nitrogens with zero attached hydrogens (tertiary/aromatic N) is 3. The van der Waals surface area contributed by atoms with Crippen LogP contribution in [0.3, 0.4) is 0 Å².